The number of amides is 1. The molecule has 1 aliphatic rings. The maximum Gasteiger partial charge on any atom is 0.335 e. The summed E-state index contributed by atoms with van der Waals surface area (Å²) in [5.41, 5.74) is 7.00. The molecule has 0 saturated carbocycles. The highest BCUT2D eigenvalue weighted by Crippen LogP contribution is 2.36. The summed E-state index contributed by atoms with van der Waals surface area (Å²) >= 11 is 6.94. The number of ether oxygens (including phenoxy) is 3. The van der Waals surface area contributed by atoms with Gasteiger partial charge in [0.15, 0.2) is 0 Å². The molecule has 1 aliphatic heterocycles. The lowest BCUT2D eigenvalue weighted by molar-refractivity contribution is 0.0694. The molecular weight excluding hydrogens is 798 g/mol. The highest BCUT2D eigenvalue weighted by Gasteiger charge is 2.27. The lowest BCUT2D eigenvalue weighted by atomic mass is 10.1. The van der Waals surface area contributed by atoms with Gasteiger partial charge >= 0.3 is 5.97 Å². The fraction of sp³-hybridized carbons (Fsp3) is 0.136. The van der Waals surface area contributed by atoms with Crippen LogP contribution < -0.4 is 14.2 Å². The third-order valence-corrected chi connectivity index (χ3v) is 9.85. The molecule has 53 heavy (non-hydrogen) atoms. The van der Waals surface area contributed by atoms with Crippen molar-refractivity contribution in [2.75, 3.05) is 0 Å². The fourth-order valence-electron chi connectivity index (χ4n) is 5.78. The summed E-state index contributed by atoms with van der Waals surface area (Å²) in [6.07, 6.45) is 0. The van der Waals surface area contributed by atoms with Crippen molar-refractivity contribution in [1.29, 1.82) is 0 Å². The van der Waals surface area contributed by atoms with Crippen molar-refractivity contribution in [3.63, 3.8) is 0 Å². The van der Waals surface area contributed by atoms with Crippen molar-refractivity contribution < 1.29 is 28.9 Å². The molecule has 0 bridgehead atoms. The summed E-state index contributed by atoms with van der Waals surface area (Å²) in [6.45, 7) is 4.18. The number of halogens is 2. The van der Waals surface area contributed by atoms with Crippen molar-refractivity contribution in [3.8, 4) is 17.2 Å². The van der Waals surface area contributed by atoms with Gasteiger partial charge in [-0.2, -0.15) is 0 Å². The van der Waals surface area contributed by atoms with Crippen LogP contribution in [0.3, 0.4) is 0 Å². The topological polar surface area (TPSA) is 85.3 Å². The van der Waals surface area contributed by atoms with Crippen LogP contribution >= 0.6 is 31.9 Å². The maximum atomic E-state index is 13.6. The second kappa shape index (κ2) is 17.9. The van der Waals surface area contributed by atoms with Crippen LogP contribution in [0.25, 0.3) is 0 Å². The molecule has 0 radical (unpaired) electrons. The summed E-state index contributed by atoms with van der Waals surface area (Å²) in [5.74, 6) is 0.790. The number of carboxylic acid groups (broad SMARTS) is 1. The third-order valence-electron chi connectivity index (χ3n) is 8.61. The lowest BCUT2D eigenvalue weighted by Gasteiger charge is -2.20. The molecule has 1 amide bonds. The van der Waals surface area contributed by atoms with E-state index < -0.39 is 5.97 Å². The van der Waals surface area contributed by atoms with Gasteiger partial charge in [-0.05, 0) is 90.4 Å². The van der Waals surface area contributed by atoms with Crippen LogP contribution in [0.2, 0.25) is 0 Å². The van der Waals surface area contributed by atoms with E-state index in [1.165, 1.54) is 11.1 Å². The van der Waals surface area contributed by atoms with Gasteiger partial charge in [0, 0.05) is 19.2 Å². The number of carboxylic acids is 1. The number of benzene rings is 6. The Balaban J connectivity index is 0.000000214. The first-order valence-electron chi connectivity index (χ1n) is 17.0. The van der Waals surface area contributed by atoms with E-state index in [0.717, 1.165) is 21.2 Å². The highest BCUT2D eigenvalue weighted by molar-refractivity contribution is 9.11. The molecule has 1 N–H and O–H groups in total. The molecule has 0 spiro atoms. The SMILES string of the molecule is Cc1cc(OCc2ccccc2)c(Br)cc1C(=O)O.O=C(c1cc(Br)c(OCc2ccccc2)cc1OCc1ccccc1)N1Cc2ccccc2C1. The molecule has 6 aromatic rings. The first kappa shape index (κ1) is 37.4. The molecule has 0 aliphatic carbocycles. The van der Waals surface area contributed by atoms with Crippen LogP contribution in [0.15, 0.2) is 148 Å². The summed E-state index contributed by atoms with van der Waals surface area (Å²) in [5, 5.41) is 9.03. The van der Waals surface area contributed by atoms with Crippen molar-refractivity contribution in [3.05, 3.63) is 193 Å². The molecule has 0 atom stereocenters. The van der Waals surface area contributed by atoms with Crippen LogP contribution in [0.4, 0.5) is 0 Å². The summed E-state index contributed by atoms with van der Waals surface area (Å²) in [6, 6.07) is 44.8. The number of hydrogen-bond donors (Lipinski definition) is 1. The van der Waals surface area contributed by atoms with Crippen molar-refractivity contribution in [1.82, 2.24) is 4.90 Å². The Hall–Kier alpha value is -5.38. The molecule has 0 fully saturated rings. The van der Waals surface area contributed by atoms with Crippen molar-refractivity contribution in [2.45, 2.75) is 39.8 Å². The molecule has 1 heterocycles. The zero-order valence-electron chi connectivity index (χ0n) is 29.0. The first-order chi connectivity index (χ1) is 25.7. The monoisotopic (exact) mass is 833 g/mol. The number of carbonyl (C=O) groups excluding carboxylic acids is 1. The van der Waals surface area contributed by atoms with E-state index in [1.54, 1.807) is 19.1 Å². The average Bonchev–Trinajstić information content (AvgIpc) is 3.63. The van der Waals surface area contributed by atoms with Crippen molar-refractivity contribution in [2.24, 2.45) is 0 Å². The maximum absolute atomic E-state index is 13.6. The van der Waals surface area contributed by atoms with Gasteiger partial charge in [0.2, 0.25) is 0 Å². The minimum Gasteiger partial charge on any atom is -0.488 e. The fourth-order valence-corrected chi connectivity index (χ4v) is 6.70. The predicted molar refractivity (Wildman–Crippen MR) is 212 cm³/mol. The predicted octanol–water partition coefficient (Wildman–Crippen LogP) is 10.8. The number of rotatable bonds is 11. The minimum absolute atomic E-state index is 0.0606. The van der Waals surface area contributed by atoms with Gasteiger partial charge in [0.25, 0.3) is 5.91 Å². The minimum atomic E-state index is -0.937. The molecule has 6 aromatic carbocycles. The Morgan fingerprint density at radius 2 is 0.962 bits per heavy atom. The molecular formula is C44H37Br2NO6. The molecule has 9 heteroatoms. The Morgan fingerprint density at radius 1 is 0.566 bits per heavy atom. The molecule has 7 nitrogen and oxygen atoms in total. The van der Waals surface area contributed by atoms with E-state index in [2.05, 4.69) is 44.0 Å². The lowest BCUT2D eigenvalue weighted by Crippen LogP contribution is -2.26. The van der Waals surface area contributed by atoms with E-state index in [4.69, 9.17) is 19.3 Å². The van der Waals surface area contributed by atoms with E-state index in [1.807, 2.05) is 120 Å². The van der Waals surface area contributed by atoms with E-state index in [-0.39, 0.29) is 11.5 Å². The Kier molecular flexibility index (Phi) is 12.6. The van der Waals surface area contributed by atoms with Crippen LogP contribution in [0.5, 0.6) is 17.2 Å². The zero-order chi connectivity index (χ0) is 37.2. The van der Waals surface area contributed by atoms with Crippen LogP contribution in [-0.2, 0) is 32.9 Å². The average molecular weight is 836 g/mol. The molecule has 0 unspecified atom stereocenters. The smallest absolute Gasteiger partial charge is 0.335 e. The Bertz CT molecular complexity index is 2150. The number of nitrogens with zero attached hydrogens (tertiary/aromatic N) is 1. The normalized spacial score (nSPS) is 11.6. The van der Waals surface area contributed by atoms with Crippen LogP contribution in [0.1, 0.15) is 54.1 Å². The second-order valence-corrected chi connectivity index (χ2v) is 14.1. The quantitative estimate of drug-likeness (QED) is 0.140. The van der Waals surface area contributed by atoms with Gasteiger partial charge in [-0.3, -0.25) is 4.79 Å². The molecule has 268 valence electrons. The van der Waals surface area contributed by atoms with Gasteiger partial charge in [0.05, 0.1) is 20.1 Å². The summed E-state index contributed by atoms with van der Waals surface area (Å²) in [7, 11) is 0. The number of carbonyl (C=O) groups is 2. The number of aromatic carboxylic acids is 1. The number of hydrogen-bond acceptors (Lipinski definition) is 5. The van der Waals surface area contributed by atoms with Crippen LogP contribution in [0, 0.1) is 6.92 Å². The van der Waals surface area contributed by atoms with E-state index >= 15 is 0 Å². The van der Waals surface area contributed by atoms with Gasteiger partial charge < -0.3 is 24.2 Å². The second-order valence-electron chi connectivity index (χ2n) is 12.4. The molecule has 0 saturated heterocycles. The summed E-state index contributed by atoms with van der Waals surface area (Å²) in [4.78, 5) is 26.4. The zero-order valence-corrected chi connectivity index (χ0v) is 32.2. The van der Waals surface area contributed by atoms with Gasteiger partial charge in [0.1, 0.15) is 37.1 Å². The Morgan fingerprint density at radius 3 is 1.42 bits per heavy atom. The van der Waals surface area contributed by atoms with Crippen molar-refractivity contribution >= 4 is 43.7 Å². The summed E-state index contributed by atoms with van der Waals surface area (Å²) < 4.78 is 19.3. The van der Waals surface area contributed by atoms with E-state index in [9.17, 15) is 9.59 Å². The largest absolute Gasteiger partial charge is 0.488 e. The van der Waals surface area contributed by atoms with Gasteiger partial charge in [-0.1, -0.05) is 115 Å². The van der Waals surface area contributed by atoms with Gasteiger partial charge in [-0.15, -0.1) is 0 Å². The molecule has 7 rings (SSSR count). The molecule has 0 aromatic heterocycles. The third kappa shape index (κ3) is 9.94. The number of aryl methyl sites for hydroxylation is 1. The van der Waals surface area contributed by atoms with E-state index in [0.29, 0.717) is 65.8 Å². The highest BCUT2D eigenvalue weighted by atomic mass is 79.9. The van der Waals surface area contributed by atoms with Crippen LogP contribution in [-0.4, -0.2) is 21.9 Å². The van der Waals surface area contributed by atoms with Gasteiger partial charge in [-0.25, -0.2) is 4.79 Å². The Labute approximate surface area is 326 Å². The first-order valence-corrected chi connectivity index (χ1v) is 18.6. The standard InChI is InChI=1S/C29H24BrNO3.C15H13BrO3/c30-26-15-25(29(32)31-17-23-13-7-8-14-24(23)18-31)27(33-19-21-9-3-1-4-10-21)16-28(26)34-20-22-11-5-2-6-12-22;1-10-7-14(13(16)8-12(10)15(17)18)19-9-11-5-3-2-4-6-11/h1-16H,17-20H2;2-8H,9H2,1H3,(H,17,18). The number of fused-ring (bicyclic) bond motifs is 1.